The maximum absolute atomic E-state index is 11.2. The van der Waals surface area contributed by atoms with Gasteiger partial charge in [0.25, 0.3) is 0 Å². The van der Waals surface area contributed by atoms with E-state index in [0.717, 1.165) is 18.1 Å². The Kier molecular flexibility index (Phi) is 3.17. The maximum Gasteiger partial charge on any atom is 0.135 e. The predicted molar refractivity (Wildman–Crippen MR) is 61.0 cm³/mol. The normalized spacial score (nSPS) is 23.3. The van der Waals surface area contributed by atoms with Crippen molar-refractivity contribution in [1.82, 2.24) is 9.88 Å². The molecule has 1 unspecified atom stereocenters. The number of hydrogen-bond acceptors (Lipinski definition) is 4. The molecule has 1 aromatic rings. The number of Topliss-reactive ketones (excluding diaryl/α,β-unsaturated/α-hetero) is 1. The molecule has 0 saturated carbocycles. The number of thiazole rings is 1. The number of aromatic nitrogens is 1. The lowest BCUT2D eigenvalue weighted by Crippen LogP contribution is -2.40. The fourth-order valence-electron chi connectivity index (χ4n) is 1.96. The van der Waals surface area contributed by atoms with Crippen LogP contribution in [-0.4, -0.2) is 28.3 Å². The van der Waals surface area contributed by atoms with Crippen LogP contribution in [0.5, 0.6) is 0 Å². The molecule has 4 heteroatoms. The molecule has 1 aliphatic rings. The summed E-state index contributed by atoms with van der Waals surface area (Å²) in [5.74, 6) is 0.402. The first kappa shape index (κ1) is 10.8. The van der Waals surface area contributed by atoms with Crippen molar-refractivity contribution in [3.8, 4) is 0 Å². The average Bonchev–Trinajstić information content (AvgIpc) is 2.56. The molecule has 0 aliphatic carbocycles. The Morgan fingerprint density at radius 1 is 1.67 bits per heavy atom. The monoisotopic (exact) mass is 224 g/mol. The van der Waals surface area contributed by atoms with E-state index in [1.165, 1.54) is 4.88 Å². The molecule has 1 fully saturated rings. The third-order valence-corrected chi connectivity index (χ3v) is 3.75. The SMILES string of the molecule is Cc1ncc(CN2CCC(=O)CC2C)s1. The van der Waals surface area contributed by atoms with Crippen molar-refractivity contribution >= 4 is 17.1 Å². The van der Waals surface area contributed by atoms with Gasteiger partial charge in [0.05, 0.1) is 5.01 Å². The largest absolute Gasteiger partial charge is 0.300 e. The zero-order chi connectivity index (χ0) is 10.8. The molecule has 1 saturated heterocycles. The Labute approximate surface area is 94.1 Å². The van der Waals surface area contributed by atoms with Gasteiger partial charge in [0, 0.05) is 43.0 Å². The summed E-state index contributed by atoms with van der Waals surface area (Å²) in [6.45, 7) is 6.00. The summed E-state index contributed by atoms with van der Waals surface area (Å²) in [6, 6.07) is 0.383. The van der Waals surface area contributed by atoms with E-state index in [2.05, 4.69) is 16.8 Å². The molecule has 15 heavy (non-hydrogen) atoms. The van der Waals surface area contributed by atoms with E-state index in [4.69, 9.17) is 0 Å². The molecule has 1 aliphatic heterocycles. The standard InChI is InChI=1S/C11H16N2OS/c1-8-5-10(14)3-4-13(8)7-11-6-12-9(2)15-11/h6,8H,3-5,7H2,1-2H3. The zero-order valence-corrected chi connectivity index (χ0v) is 10.0. The van der Waals surface area contributed by atoms with Crippen LogP contribution < -0.4 is 0 Å². The van der Waals surface area contributed by atoms with Crippen LogP contribution in [0.1, 0.15) is 29.7 Å². The van der Waals surface area contributed by atoms with Gasteiger partial charge in [-0.1, -0.05) is 0 Å². The van der Waals surface area contributed by atoms with Gasteiger partial charge < -0.3 is 0 Å². The molecule has 0 amide bonds. The molecule has 1 aromatic heterocycles. The second-order valence-electron chi connectivity index (χ2n) is 4.16. The molecular weight excluding hydrogens is 208 g/mol. The van der Waals surface area contributed by atoms with Crippen molar-refractivity contribution in [2.75, 3.05) is 6.54 Å². The lowest BCUT2D eigenvalue weighted by atomic mass is 10.0. The smallest absolute Gasteiger partial charge is 0.135 e. The summed E-state index contributed by atoms with van der Waals surface area (Å²) in [5.41, 5.74) is 0. The van der Waals surface area contributed by atoms with E-state index in [0.29, 0.717) is 24.7 Å². The third-order valence-electron chi connectivity index (χ3n) is 2.85. The van der Waals surface area contributed by atoms with Gasteiger partial charge in [0.1, 0.15) is 5.78 Å². The Balaban J connectivity index is 1.97. The molecule has 0 spiro atoms. The number of carbonyl (C=O) groups is 1. The quantitative estimate of drug-likeness (QED) is 0.770. The van der Waals surface area contributed by atoms with Crippen LogP contribution in [0.2, 0.25) is 0 Å². The number of nitrogens with zero attached hydrogens (tertiary/aromatic N) is 2. The minimum Gasteiger partial charge on any atom is -0.300 e. The topological polar surface area (TPSA) is 33.2 Å². The summed E-state index contributed by atoms with van der Waals surface area (Å²) in [5, 5.41) is 1.12. The van der Waals surface area contributed by atoms with Gasteiger partial charge in [-0.2, -0.15) is 0 Å². The second-order valence-corrected chi connectivity index (χ2v) is 5.48. The van der Waals surface area contributed by atoms with E-state index in [1.807, 2.05) is 13.1 Å². The highest BCUT2D eigenvalue weighted by atomic mass is 32.1. The Bertz CT molecular complexity index is 361. The van der Waals surface area contributed by atoms with Gasteiger partial charge in [0.15, 0.2) is 0 Å². The number of carbonyl (C=O) groups excluding carboxylic acids is 1. The van der Waals surface area contributed by atoms with Crippen LogP contribution in [0.4, 0.5) is 0 Å². The molecule has 0 radical (unpaired) electrons. The molecular formula is C11H16N2OS. The first-order valence-electron chi connectivity index (χ1n) is 5.32. The second kappa shape index (κ2) is 4.41. The van der Waals surface area contributed by atoms with Crippen molar-refractivity contribution in [2.45, 2.75) is 39.3 Å². The minimum absolute atomic E-state index is 0.383. The Hall–Kier alpha value is -0.740. The fourth-order valence-corrected chi connectivity index (χ4v) is 2.78. The van der Waals surface area contributed by atoms with Gasteiger partial charge in [-0.25, -0.2) is 4.98 Å². The first-order valence-corrected chi connectivity index (χ1v) is 6.14. The molecule has 2 heterocycles. The number of rotatable bonds is 2. The summed E-state index contributed by atoms with van der Waals surface area (Å²) < 4.78 is 0. The van der Waals surface area contributed by atoms with E-state index < -0.39 is 0 Å². The number of likely N-dealkylation sites (tertiary alicyclic amines) is 1. The van der Waals surface area contributed by atoms with Gasteiger partial charge in [-0.3, -0.25) is 9.69 Å². The van der Waals surface area contributed by atoms with E-state index in [1.54, 1.807) is 11.3 Å². The van der Waals surface area contributed by atoms with Gasteiger partial charge >= 0.3 is 0 Å². The Morgan fingerprint density at radius 2 is 2.47 bits per heavy atom. The van der Waals surface area contributed by atoms with Crippen LogP contribution >= 0.6 is 11.3 Å². The number of hydrogen-bond donors (Lipinski definition) is 0. The molecule has 2 rings (SSSR count). The summed E-state index contributed by atoms with van der Waals surface area (Å²) >= 11 is 1.75. The van der Waals surface area contributed by atoms with Crippen LogP contribution in [0.3, 0.4) is 0 Å². The Morgan fingerprint density at radius 3 is 3.07 bits per heavy atom. The molecule has 0 aromatic carbocycles. The third kappa shape index (κ3) is 2.63. The van der Waals surface area contributed by atoms with Crippen LogP contribution in [0.25, 0.3) is 0 Å². The van der Waals surface area contributed by atoms with Crippen LogP contribution in [0.15, 0.2) is 6.20 Å². The highest BCUT2D eigenvalue weighted by molar-refractivity contribution is 7.11. The zero-order valence-electron chi connectivity index (χ0n) is 9.19. The van der Waals surface area contributed by atoms with Gasteiger partial charge in [-0.15, -0.1) is 11.3 Å². The van der Waals surface area contributed by atoms with E-state index >= 15 is 0 Å². The minimum atomic E-state index is 0.383. The lowest BCUT2D eigenvalue weighted by Gasteiger charge is -2.31. The van der Waals surface area contributed by atoms with E-state index in [9.17, 15) is 4.79 Å². The van der Waals surface area contributed by atoms with Crippen molar-refractivity contribution < 1.29 is 4.79 Å². The number of ketones is 1. The van der Waals surface area contributed by atoms with E-state index in [-0.39, 0.29) is 0 Å². The highest BCUT2D eigenvalue weighted by Gasteiger charge is 2.23. The molecule has 3 nitrogen and oxygen atoms in total. The number of piperidine rings is 1. The van der Waals surface area contributed by atoms with Crippen molar-refractivity contribution in [3.63, 3.8) is 0 Å². The predicted octanol–water partition coefficient (Wildman–Crippen LogP) is 2.00. The summed E-state index contributed by atoms with van der Waals surface area (Å²) in [7, 11) is 0. The summed E-state index contributed by atoms with van der Waals surface area (Å²) in [4.78, 5) is 19.2. The van der Waals surface area contributed by atoms with Crippen LogP contribution in [-0.2, 0) is 11.3 Å². The highest BCUT2D eigenvalue weighted by Crippen LogP contribution is 2.20. The summed E-state index contributed by atoms with van der Waals surface area (Å²) in [6.07, 6.45) is 3.36. The number of aryl methyl sites for hydroxylation is 1. The lowest BCUT2D eigenvalue weighted by molar-refractivity contribution is -0.123. The van der Waals surface area contributed by atoms with Crippen molar-refractivity contribution in [3.05, 3.63) is 16.1 Å². The average molecular weight is 224 g/mol. The molecule has 1 atom stereocenters. The molecule has 0 N–H and O–H groups in total. The van der Waals surface area contributed by atoms with Gasteiger partial charge in [-0.05, 0) is 13.8 Å². The fraction of sp³-hybridized carbons (Fsp3) is 0.636. The first-order chi connectivity index (χ1) is 7.15. The van der Waals surface area contributed by atoms with Gasteiger partial charge in [0.2, 0.25) is 0 Å². The van der Waals surface area contributed by atoms with Crippen molar-refractivity contribution in [2.24, 2.45) is 0 Å². The molecule has 82 valence electrons. The van der Waals surface area contributed by atoms with Crippen LogP contribution in [0, 0.1) is 6.92 Å². The maximum atomic E-state index is 11.2. The molecule has 0 bridgehead atoms. The van der Waals surface area contributed by atoms with Crippen molar-refractivity contribution in [1.29, 1.82) is 0 Å².